The van der Waals surface area contributed by atoms with E-state index in [2.05, 4.69) is 5.92 Å². The van der Waals surface area contributed by atoms with E-state index in [1.54, 1.807) is 13.8 Å². The van der Waals surface area contributed by atoms with Crippen LogP contribution in [0.3, 0.4) is 0 Å². The zero-order valence-corrected chi connectivity index (χ0v) is 14.5. The summed E-state index contributed by atoms with van der Waals surface area (Å²) in [4.78, 5) is 25.0. The molecule has 1 aromatic rings. The Morgan fingerprint density at radius 1 is 1.12 bits per heavy atom. The summed E-state index contributed by atoms with van der Waals surface area (Å²) < 4.78 is 10.2. The van der Waals surface area contributed by atoms with Gasteiger partial charge in [-0.1, -0.05) is 42.0 Å². The smallest absolute Gasteiger partial charge is 0.324 e. The summed E-state index contributed by atoms with van der Waals surface area (Å²) >= 11 is 0. The molecule has 0 N–H and O–H groups in total. The zero-order valence-electron chi connectivity index (χ0n) is 14.5. The number of ether oxygens (including phenoxy) is 2. The van der Waals surface area contributed by atoms with E-state index < -0.39 is 17.4 Å². The third kappa shape index (κ3) is 4.99. The standard InChI is InChI=1S/C20H24O4/c1-5-13-20(18(21)23-6-2,19(22)24-7-3)15-16(4)14-17-11-9-8-10-12-17/h1,8-12,14H,6-7,13,15H2,2-4H3/b16-14+. The first kappa shape index (κ1) is 19.5. The van der Waals surface area contributed by atoms with E-state index >= 15 is 0 Å². The van der Waals surface area contributed by atoms with Gasteiger partial charge in [0.15, 0.2) is 5.41 Å². The molecule has 1 aromatic carbocycles. The molecule has 24 heavy (non-hydrogen) atoms. The number of hydrogen-bond acceptors (Lipinski definition) is 4. The van der Waals surface area contributed by atoms with Crippen LogP contribution in [0.25, 0.3) is 6.08 Å². The summed E-state index contributed by atoms with van der Waals surface area (Å²) in [5.74, 6) is 1.15. The summed E-state index contributed by atoms with van der Waals surface area (Å²) in [6, 6.07) is 9.66. The van der Waals surface area contributed by atoms with Crippen LogP contribution in [-0.2, 0) is 19.1 Å². The molecule has 0 bridgehead atoms. The van der Waals surface area contributed by atoms with Crippen LogP contribution in [-0.4, -0.2) is 25.2 Å². The van der Waals surface area contributed by atoms with Crippen molar-refractivity contribution in [3.8, 4) is 12.3 Å². The van der Waals surface area contributed by atoms with Gasteiger partial charge in [-0.2, -0.15) is 0 Å². The molecule has 0 aliphatic rings. The number of carbonyl (C=O) groups excluding carboxylic acids is 2. The van der Waals surface area contributed by atoms with Crippen molar-refractivity contribution in [2.75, 3.05) is 13.2 Å². The number of terminal acetylenes is 1. The van der Waals surface area contributed by atoms with E-state index in [9.17, 15) is 9.59 Å². The molecule has 0 saturated heterocycles. The van der Waals surface area contributed by atoms with Crippen molar-refractivity contribution < 1.29 is 19.1 Å². The van der Waals surface area contributed by atoms with Crippen LogP contribution >= 0.6 is 0 Å². The first-order chi connectivity index (χ1) is 11.5. The van der Waals surface area contributed by atoms with Crippen molar-refractivity contribution in [1.82, 2.24) is 0 Å². The Hall–Kier alpha value is -2.54. The Labute approximate surface area is 143 Å². The van der Waals surface area contributed by atoms with Gasteiger partial charge in [0.2, 0.25) is 0 Å². The van der Waals surface area contributed by atoms with Crippen LogP contribution in [0.2, 0.25) is 0 Å². The van der Waals surface area contributed by atoms with Gasteiger partial charge >= 0.3 is 11.9 Å². The highest BCUT2D eigenvalue weighted by Gasteiger charge is 2.48. The number of hydrogen-bond donors (Lipinski definition) is 0. The average molecular weight is 328 g/mol. The quantitative estimate of drug-likeness (QED) is 0.415. The monoisotopic (exact) mass is 328 g/mol. The van der Waals surface area contributed by atoms with Crippen LogP contribution in [0.5, 0.6) is 0 Å². The van der Waals surface area contributed by atoms with Gasteiger partial charge in [-0.25, -0.2) is 0 Å². The predicted molar refractivity (Wildman–Crippen MR) is 93.9 cm³/mol. The second-order valence-corrected chi connectivity index (χ2v) is 5.48. The van der Waals surface area contributed by atoms with Gasteiger partial charge in [-0.15, -0.1) is 12.3 Å². The summed E-state index contributed by atoms with van der Waals surface area (Å²) in [5, 5.41) is 0. The van der Waals surface area contributed by atoms with Gasteiger partial charge in [0.25, 0.3) is 0 Å². The fourth-order valence-corrected chi connectivity index (χ4v) is 2.51. The van der Waals surface area contributed by atoms with Crippen molar-refractivity contribution >= 4 is 18.0 Å². The molecule has 0 aliphatic heterocycles. The predicted octanol–water partition coefficient (Wildman–Crippen LogP) is 3.62. The second-order valence-electron chi connectivity index (χ2n) is 5.48. The maximum absolute atomic E-state index is 12.5. The Balaban J connectivity index is 3.20. The van der Waals surface area contributed by atoms with Gasteiger partial charge in [-0.3, -0.25) is 9.59 Å². The van der Waals surface area contributed by atoms with Crippen LogP contribution in [0.4, 0.5) is 0 Å². The highest BCUT2D eigenvalue weighted by atomic mass is 16.6. The largest absolute Gasteiger partial charge is 0.465 e. The third-order valence-corrected chi connectivity index (χ3v) is 3.53. The van der Waals surface area contributed by atoms with Gasteiger partial charge in [0, 0.05) is 6.42 Å². The minimum Gasteiger partial charge on any atom is -0.465 e. The third-order valence-electron chi connectivity index (χ3n) is 3.53. The average Bonchev–Trinajstić information content (AvgIpc) is 2.55. The first-order valence-electron chi connectivity index (χ1n) is 8.00. The highest BCUT2D eigenvalue weighted by Crippen LogP contribution is 2.34. The minimum absolute atomic E-state index is 0.0648. The summed E-state index contributed by atoms with van der Waals surface area (Å²) in [6.45, 7) is 5.58. The molecule has 0 atom stereocenters. The Bertz CT molecular complexity index is 605. The SMILES string of the molecule is C#CCC(C/C(C)=C/c1ccccc1)(C(=O)OCC)C(=O)OCC. The normalized spacial score (nSPS) is 11.5. The van der Waals surface area contributed by atoms with Crippen molar-refractivity contribution in [2.45, 2.75) is 33.6 Å². The summed E-state index contributed by atoms with van der Waals surface area (Å²) in [7, 11) is 0. The van der Waals surface area contributed by atoms with Gasteiger partial charge in [-0.05, 0) is 32.8 Å². The second kappa shape index (κ2) is 9.57. The maximum atomic E-state index is 12.5. The van der Waals surface area contributed by atoms with Gasteiger partial charge in [0.05, 0.1) is 13.2 Å². The van der Waals surface area contributed by atoms with E-state index in [-0.39, 0.29) is 26.1 Å². The number of allylic oxidation sites excluding steroid dienone is 1. The Morgan fingerprint density at radius 2 is 1.67 bits per heavy atom. The number of rotatable bonds is 8. The minimum atomic E-state index is -1.50. The highest BCUT2D eigenvalue weighted by molar-refractivity contribution is 6.01. The van der Waals surface area contributed by atoms with E-state index in [0.717, 1.165) is 11.1 Å². The van der Waals surface area contributed by atoms with Crippen molar-refractivity contribution in [2.24, 2.45) is 5.41 Å². The van der Waals surface area contributed by atoms with E-state index in [1.807, 2.05) is 43.3 Å². The fraction of sp³-hybridized carbons (Fsp3) is 0.400. The molecule has 0 fully saturated rings. The van der Waals surface area contributed by atoms with Crippen molar-refractivity contribution in [3.05, 3.63) is 41.5 Å². The number of carbonyl (C=O) groups is 2. The molecular weight excluding hydrogens is 304 g/mol. The van der Waals surface area contributed by atoms with Gasteiger partial charge in [0.1, 0.15) is 0 Å². The molecule has 0 heterocycles. The molecule has 0 amide bonds. The van der Waals surface area contributed by atoms with Crippen LogP contribution < -0.4 is 0 Å². The molecule has 0 unspecified atom stereocenters. The molecule has 4 nitrogen and oxygen atoms in total. The molecule has 1 rings (SSSR count). The lowest BCUT2D eigenvalue weighted by Crippen LogP contribution is -2.42. The zero-order chi connectivity index (χ0) is 18.0. The summed E-state index contributed by atoms with van der Waals surface area (Å²) in [5.41, 5.74) is 0.325. The lowest BCUT2D eigenvalue weighted by Gasteiger charge is -2.27. The van der Waals surface area contributed by atoms with Crippen LogP contribution in [0.1, 0.15) is 39.2 Å². The maximum Gasteiger partial charge on any atom is 0.324 e. The topological polar surface area (TPSA) is 52.6 Å². The van der Waals surface area contributed by atoms with E-state index in [4.69, 9.17) is 15.9 Å². The first-order valence-corrected chi connectivity index (χ1v) is 8.00. The van der Waals surface area contributed by atoms with Crippen LogP contribution in [0, 0.1) is 17.8 Å². The van der Waals surface area contributed by atoms with E-state index in [1.165, 1.54) is 0 Å². The van der Waals surface area contributed by atoms with Crippen molar-refractivity contribution in [1.29, 1.82) is 0 Å². The van der Waals surface area contributed by atoms with Crippen molar-refractivity contribution in [3.63, 3.8) is 0 Å². The lowest BCUT2D eigenvalue weighted by molar-refractivity contribution is -0.171. The molecule has 0 radical (unpaired) electrons. The Morgan fingerprint density at radius 3 is 2.12 bits per heavy atom. The molecule has 0 saturated carbocycles. The van der Waals surface area contributed by atoms with E-state index in [0.29, 0.717) is 0 Å². The molecule has 4 heteroatoms. The summed E-state index contributed by atoms with van der Waals surface area (Å²) in [6.07, 6.45) is 7.44. The molecule has 0 aliphatic carbocycles. The van der Waals surface area contributed by atoms with Crippen LogP contribution in [0.15, 0.2) is 35.9 Å². The Kier molecular flexibility index (Phi) is 7.77. The molecule has 0 aromatic heterocycles. The number of benzene rings is 1. The molecule has 0 spiro atoms. The molecule has 128 valence electrons. The van der Waals surface area contributed by atoms with Gasteiger partial charge < -0.3 is 9.47 Å². The lowest BCUT2D eigenvalue weighted by atomic mass is 9.78. The molecular formula is C20H24O4. The fourth-order valence-electron chi connectivity index (χ4n) is 2.51. The number of esters is 2.